The predicted octanol–water partition coefficient (Wildman–Crippen LogP) is 23.8. The van der Waals surface area contributed by atoms with Gasteiger partial charge >= 0.3 is 0 Å². The summed E-state index contributed by atoms with van der Waals surface area (Å²) in [4.78, 5) is 120. The van der Waals surface area contributed by atoms with Gasteiger partial charge in [0.05, 0.1) is 0 Å². The van der Waals surface area contributed by atoms with E-state index in [1.165, 1.54) is 187 Å². The summed E-state index contributed by atoms with van der Waals surface area (Å²) in [7, 11) is 37.3. The molecule has 0 aliphatic heterocycles. The van der Waals surface area contributed by atoms with Gasteiger partial charge in [0.2, 0.25) is 0 Å². The van der Waals surface area contributed by atoms with Gasteiger partial charge in [-0.25, -0.2) is 0 Å². The molecule has 0 fully saturated rings. The number of ketones is 9. The Morgan fingerprint density at radius 1 is 0.127 bits per heavy atom. The summed E-state index contributed by atoms with van der Waals surface area (Å²) in [5.41, 5.74) is 6.19. The summed E-state index contributed by atoms with van der Waals surface area (Å²) in [6.07, 6.45) is 49.3. The van der Waals surface area contributed by atoms with Gasteiger partial charge in [-0.1, -0.05) is 194 Å². The molecule has 738 valence electrons. The van der Waals surface area contributed by atoms with Crippen LogP contribution in [0.3, 0.4) is 0 Å². The van der Waals surface area contributed by atoms with Crippen molar-refractivity contribution < 1.29 is 43.2 Å². The molecule has 0 aromatic rings. The van der Waals surface area contributed by atoms with Crippen molar-refractivity contribution in [2.75, 3.05) is 186 Å². The zero-order chi connectivity index (χ0) is 98.8. The molecule has 126 heavy (non-hydrogen) atoms. The standard InChI is InChI=1S/C16H31NO.C15H29NO.C14H27NO.C13H25NO.C12H23NO.C11H21NO.C10H19NO.C9H17NO.C8H15NO/c1-15(2)16(18)13-11-9-7-5-6-8-10-12-14-17(3)4;1-14(2)15(17)12-10-8-6-5-7-9-11-13-16(3)4;1-13(2)14(16)11-9-7-5-6-8-10-12-15(3)4;1-12(2)13(15)10-8-6-5-7-9-11-14(3)4;1-11(2)12(14)9-7-5-6-8-10-13(3)4;1-10(2)11(13)8-6-5-7-9-12(3)4;1-9(2)10(12)7-5-6-8-11(3)4;1-8(2)9(11)6-5-7-10(3)4;1-7(2)8(10)5-6-9(3)4/h1,5-14H2,2-4H3;1,5-13H2,2-4H3;1,5-12H2,2-4H3;1,5-11H2,2-4H3;1,5-10H2,2-4H3;1,5-9H2,2-4H3;1,5-8H2,2-4H3;1,5-7H2,2-4H3;1,5-6H2,2-4H3. The molecular weight excluding hydrogens is 1570 g/mol. The quantitative estimate of drug-likeness (QED) is 0.0413. The Balaban J connectivity index is -0.000000175. The first-order chi connectivity index (χ1) is 58.8. The number of Topliss-reactive ketones (excluding diaryl/α,β-unsaturated/α-hetero) is 9. The van der Waals surface area contributed by atoms with Crippen LogP contribution >= 0.6 is 0 Å². The zero-order valence-corrected chi connectivity index (χ0v) is 88.2. The van der Waals surface area contributed by atoms with Crippen molar-refractivity contribution in [2.45, 2.75) is 351 Å². The molecule has 0 saturated heterocycles. The largest absolute Gasteiger partial charge is 0.309 e. The average molecular weight is 1780 g/mol. The Morgan fingerprint density at radius 3 is 0.349 bits per heavy atom. The van der Waals surface area contributed by atoms with Gasteiger partial charge in [-0.05, 0) is 388 Å². The number of unbranched alkanes of at least 4 members (excludes halogenated alkanes) is 28. The lowest BCUT2D eigenvalue weighted by atomic mass is 10.0. The number of hydrogen-bond donors (Lipinski definition) is 0. The van der Waals surface area contributed by atoms with Crippen LogP contribution in [0.1, 0.15) is 351 Å². The van der Waals surface area contributed by atoms with Gasteiger partial charge in [0.1, 0.15) is 0 Å². The highest BCUT2D eigenvalue weighted by Gasteiger charge is 2.10. The maximum absolute atomic E-state index is 11.3. The SMILES string of the molecule is C=C(C)C(=O)CCCCCCCCCCN(C)C.C=C(C)C(=O)CCCCCCCCCN(C)C.C=C(C)C(=O)CCCCCCCCN(C)C.C=C(C)C(=O)CCCCCCCN(C)C.C=C(C)C(=O)CCCCCCN(C)C.C=C(C)C(=O)CCCCCN(C)C.C=C(C)C(=O)CCCCN(C)C.C=C(C)C(=O)CCCN(C)C.C=C(C)C(=O)CCN(C)C. The van der Waals surface area contributed by atoms with Gasteiger partial charge < -0.3 is 44.1 Å². The van der Waals surface area contributed by atoms with E-state index >= 15 is 0 Å². The second-order valence-corrected chi connectivity index (χ2v) is 37.5. The van der Waals surface area contributed by atoms with Crippen molar-refractivity contribution in [1.29, 1.82) is 0 Å². The van der Waals surface area contributed by atoms with Crippen LogP contribution in [0, 0.1) is 0 Å². The smallest absolute Gasteiger partial charge is 0.159 e. The van der Waals surface area contributed by atoms with Crippen LogP contribution in [0.2, 0.25) is 0 Å². The van der Waals surface area contributed by atoms with Crippen molar-refractivity contribution in [3.05, 3.63) is 109 Å². The molecule has 0 aliphatic rings. The summed E-state index contributed by atoms with van der Waals surface area (Å²) < 4.78 is 0. The molecule has 0 bridgehead atoms. The molecule has 0 rings (SSSR count). The number of nitrogens with zero attached hydrogens (tertiary/aromatic N) is 9. The van der Waals surface area contributed by atoms with Crippen LogP contribution in [0.15, 0.2) is 109 Å². The number of allylic oxidation sites excluding steroid dienone is 9. The second-order valence-electron chi connectivity index (χ2n) is 37.5. The Kier molecular flexibility index (Phi) is 110. The van der Waals surface area contributed by atoms with Crippen molar-refractivity contribution in [3.63, 3.8) is 0 Å². The molecule has 0 aliphatic carbocycles. The molecule has 0 N–H and O–H groups in total. The topological polar surface area (TPSA) is 183 Å². The third-order valence-electron chi connectivity index (χ3n) is 20.1. The Morgan fingerprint density at radius 2 is 0.214 bits per heavy atom. The highest BCUT2D eigenvalue weighted by atomic mass is 16.2. The third-order valence-corrected chi connectivity index (χ3v) is 20.1. The van der Waals surface area contributed by atoms with E-state index < -0.39 is 0 Å². The molecule has 0 atom stereocenters. The Bertz CT molecular complexity index is 2860. The fourth-order valence-corrected chi connectivity index (χ4v) is 11.5. The van der Waals surface area contributed by atoms with Crippen molar-refractivity contribution in [3.8, 4) is 0 Å². The monoisotopic (exact) mass is 1770 g/mol. The van der Waals surface area contributed by atoms with Gasteiger partial charge in [-0.2, -0.15) is 0 Å². The molecule has 0 amide bonds. The maximum atomic E-state index is 11.3. The lowest BCUT2D eigenvalue weighted by Crippen LogP contribution is -2.16. The summed E-state index contributed by atoms with van der Waals surface area (Å²) in [5, 5.41) is 0. The first-order valence-electron chi connectivity index (χ1n) is 48.3. The highest BCUT2D eigenvalue weighted by molar-refractivity contribution is 5.97. The summed E-state index contributed by atoms with van der Waals surface area (Å²) >= 11 is 0. The van der Waals surface area contributed by atoms with Crippen molar-refractivity contribution in [1.82, 2.24) is 44.1 Å². The van der Waals surface area contributed by atoms with E-state index in [9.17, 15) is 43.2 Å². The number of carbonyl (C=O) groups is 9. The fourth-order valence-electron chi connectivity index (χ4n) is 11.5. The molecular formula is C108H207N9O9. The minimum atomic E-state index is 0.161. The molecule has 0 saturated carbocycles. The number of hydrogen-bond acceptors (Lipinski definition) is 18. The van der Waals surface area contributed by atoms with Crippen LogP contribution in [0.5, 0.6) is 0 Å². The fraction of sp³-hybridized carbons (Fsp3) is 0.750. The molecule has 0 heterocycles. The normalized spacial score (nSPS) is 10.6. The first-order valence-corrected chi connectivity index (χ1v) is 48.3. The van der Waals surface area contributed by atoms with Gasteiger partial charge in [-0.15, -0.1) is 0 Å². The van der Waals surface area contributed by atoms with E-state index in [1.807, 2.05) is 47.2 Å². The molecule has 0 radical (unpaired) electrons. The van der Waals surface area contributed by atoms with E-state index in [1.54, 1.807) is 62.3 Å². The Hall–Kier alpha value is -5.67. The van der Waals surface area contributed by atoms with Crippen molar-refractivity contribution in [2.24, 2.45) is 0 Å². The Labute approximate surface area is 781 Å². The minimum absolute atomic E-state index is 0.161. The van der Waals surface area contributed by atoms with E-state index in [2.05, 4.69) is 183 Å². The first kappa shape index (κ1) is 138. The molecule has 0 unspecified atom stereocenters. The van der Waals surface area contributed by atoms with E-state index in [0.29, 0.717) is 108 Å². The van der Waals surface area contributed by atoms with E-state index in [0.717, 1.165) is 103 Å². The van der Waals surface area contributed by atoms with Crippen molar-refractivity contribution >= 4 is 52.0 Å². The minimum Gasteiger partial charge on any atom is -0.309 e. The molecule has 0 aromatic carbocycles. The number of carbonyl (C=O) groups excluding carboxylic acids is 9. The number of rotatable bonds is 72. The van der Waals surface area contributed by atoms with Crippen LogP contribution in [-0.4, -0.2) is 282 Å². The molecule has 0 aromatic heterocycles. The summed E-state index contributed by atoms with van der Waals surface area (Å²) in [6.45, 7) is 58.6. The lowest BCUT2D eigenvalue weighted by Gasteiger charge is -2.08. The van der Waals surface area contributed by atoms with Gasteiger partial charge in [-0.3, -0.25) is 43.2 Å². The van der Waals surface area contributed by atoms with Crippen LogP contribution in [-0.2, 0) is 43.2 Å². The van der Waals surface area contributed by atoms with Gasteiger partial charge in [0, 0.05) is 64.3 Å². The van der Waals surface area contributed by atoms with Gasteiger partial charge in [0.15, 0.2) is 52.0 Å². The van der Waals surface area contributed by atoms with Gasteiger partial charge in [0.25, 0.3) is 0 Å². The average Bonchev–Trinajstić information content (AvgIpc) is 1.48. The predicted molar refractivity (Wildman–Crippen MR) is 553 cm³/mol. The summed E-state index contributed by atoms with van der Waals surface area (Å²) in [5.74, 6) is 1.90. The zero-order valence-electron chi connectivity index (χ0n) is 88.2. The molecule has 18 nitrogen and oxygen atoms in total. The second kappa shape index (κ2) is 99.9. The van der Waals surface area contributed by atoms with E-state index in [4.69, 9.17) is 0 Å². The summed E-state index contributed by atoms with van der Waals surface area (Å²) in [6, 6.07) is 0. The lowest BCUT2D eigenvalue weighted by molar-refractivity contribution is -0.116. The maximum Gasteiger partial charge on any atom is 0.159 e. The van der Waals surface area contributed by atoms with Crippen LogP contribution in [0.25, 0.3) is 0 Å². The van der Waals surface area contributed by atoms with E-state index in [-0.39, 0.29) is 52.0 Å². The van der Waals surface area contributed by atoms with Crippen LogP contribution in [0.4, 0.5) is 0 Å². The highest BCUT2D eigenvalue weighted by Crippen LogP contribution is 2.16. The molecule has 18 heteroatoms. The van der Waals surface area contributed by atoms with Crippen LogP contribution < -0.4 is 0 Å². The molecule has 0 spiro atoms. The third kappa shape index (κ3) is 131.